The number of carbonyl (C=O) groups is 3. The van der Waals surface area contributed by atoms with E-state index in [9.17, 15) is 14.4 Å². The van der Waals surface area contributed by atoms with Gasteiger partial charge in [-0.2, -0.15) is 0 Å². The molecule has 0 radical (unpaired) electrons. The average molecular weight is 276 g/mol. The molecule has 0 spiro atoms. The molecule has 1 aromatic rings. The zero-order chi connectivity index (χ0) is 14.7. The van der Waals surface area contributed by atoms with Crippen LogP contribution in [-0.4, -0.2) is 52.3 Å². The van der Waals surface area contributed by atoms with Crippen LogP contribution in [0.1, 0.15) is 11.1 Å². The van der Waals surface area contributed by atoms with Crippen LogP contribution < -0.4 is 0 Å². The third kappa shape index (κ3) is 3.14. The number of carbonyl (C=O) groups excluding carboxylic acids is 2. The summed E-state index contributed by atoms with van der Waals surface area (Å²) in [5.41, 5.74) is 2.07. The van der Waals surface area contributed by atoms with E-state index in [1.54, 1.807) is 0 Å². The molecular formula is C14H16N2O4. The Labute approximate surface area is 116 Å². The maximum atomic E-state index is 11.9. The lowest BCUT2D eigenvalue weighted by atomic mass is 10.1. The number of carboxylic acid groups (broad SMARTS) is 1. The van der Waals surface area contributed by atoms with Gasteiger partial charge in [0.05, 0.1) is 0 Å². The minimum Gasteiger partial charge on any atom is -0.480 e. The molecule has 0 atom stereocenters. The molecule has 1 N–H and O–H groups in total. The number of aliphatic carboxylic acids is 1. The number of hydrogen-bond donors (Lipinski definition) is 1. The second-order valence-electron chi connectivity index (χ2n) is 4.83. The summed E-state index contributed by atoms with van der Waals surface area (Å²) in [6.45, 7) is 2.52. The molecule has 0 bridgehead atoms. The molecule has 6 heteroatoms. The largest absolute Gasteiger partial charge is 0.480 e. The minimum absolute atomic E-state index is 0.253. The lowest BCUT2D eigenvalue weighted by Crippen LogP contribution is -2.54. The Bertz CT molecular complexity index is 539. The van der Waals surface area contributed by atoms with E-state index < -0.39 is 24.3 Å². The first-order valence-corrected chi connectivity index (χ1v) is 6.33. The van der Waals surface area contributed by atoms with Crippen LogP contribution in [0, 0.1) is 6.92 Å². The van der Waals surface area contributed by atoms with E-state index in [0.717, 1.165) is 16.0 Å². The summed E-state index contributed by atoms with van der Waals surface area (Å²) in [6, 6.07) is 7.72. The summed E-state index contributed by atoms with van der Waals surface area (Å²) < 4.78 is 0. The van der Waals surface area contributed by atoms with Crippen molar-refractivity contribution in [3.63, 3.8) is 0 Å². The molecule has 2 amide bonds. The first-order chi connectivity index (χ1) is 9.47. The number of hydrogen-bond acceptors (Lipinski definition) is 3. The summed E-state index contributed by atoms with van der Waals surface area (Å²) in [5, 5.41) is 8.68. The maximum absolute atomic E-state index is 11.9. The monoisotopic (exact) mass is 276 g/mol. The van der Waals surface area contributed by atoms with Gasteiger partial charge in [-0.05, 0) is 12.5 Å². The molecule has 2 rings (SSSR count). The Kier molecular flexibility index (Phi) is 4.02. The highest BCUT2D eigenvalue weighted by molar-refractivity contribution is 6.35. The molecule has 1 saturated heterocycles. The number of aryl methyl sites for hydroxylation is 1. The molecule has 1 fully saturated rings. The predicted molar refractivity (Wildman–Crippen MR) is 70.8 cm³/mol. The van der Waals surface area contributed by atoms with Gasteiger partial charge in [0.1, 0.15) is 6.54 Å². The van der Waals surface area contributed by atoms with Crippen LogP contribution in [0.15, 0.2) is 24.3 Å². The van der Waals surface area contributed by atoms with Crippen LogP contribution >= 0.6 is 0 Å². The van der Waals surface area contributed by atoms with Gasteiger partial charge in [-0.25, -0.2) is 0 Å². The number of nitrogens with zero attached hydrogens (tertiary/aromatic N) is 2. The second-order valence-corrected chi connectivity index (χ2v) is 4.83. The van der Waals surface area contributed by atoms with Gasteiger partial charge in [0.25, 0.3) is 0 Å². The van der Waals surface area contributed by atoms with E-state index in [-0.39, 0.29) is 6.54 Å². The maximum Gasteiger partial charge on any atom is 0.323 e. The van der Waals surface area contributed by atoms with Crippen LogP contribution in [0.3, 0.4) is 0 Å². The Morgan fingerprint density at radius 3 is 2.25 bits per heavy atom. The molecule has 1 aromatic carbocycles. The first-order valence-electron chi connectivity index (χ1n) is 6.33. The van der Waals surface area contributed by atoms with Gasteiger partial charge >= 0.3 is 17.8 Å². The average Bonchev–Trinajstić information content (AvgIpc) is 2.40. The molecule has 1 aliphatic rings. The predicted octanol–water partition coefficient (Wildman–Crippen LogP) is 0.250. The molecular weight excluding hydrogens is 260 g/mol. The lowest BCUT2D eigenvalue weighted by molar-refractivity contribution is -0.159. The normalized spacial score (nSPS) is 15.7. The van der Waals surface area contributed by atoms with Gasteiger partial charge in [0, 0.05) is 19.6 Å². The fraction of sp³-hybridized carbons (Fsp3) is 0.357. The van der Waals surface area contributed by atoms with Crippen molar-refractivity contribution in [3.05, 3.63) is 35.4 Å². The van der Waals surface area contributed by atoms with E-state index in [0.29, 0.717) is 13.1 Å². The second kappa shape index (κ2) is 5.73. The van der Waals surface area contributed by atoms with Crippen molar-refractivity contribution in [2.45, 2.75) is 13.5 Å². The summed E-state index contributed by atoms with van der Waals surface area (Å²) >= 11 is 0. The van der Waals surface area contributed by atoms with Gasteiger partial charge in [-0.1, -0.05) is 29.8 Å². The van der Waals surface area contributed by atoms with Crippen molar-refractivity contribution in [1.29, 1.82) is 0 Å². The molecule has 0 saturated carbocycles. The quantitative estimate of drug-likeness (QED) is 0.800. The fourth-order valence-electron chi connectivity index (χ4n) is 2.09. The number of rotatable bonds is 4. The topological polar surface area (TPSA) is 77.9 Å². The van der Waals surface area contributed by atoms with E-state index in [1.165, 1.54) is 4.90 Å². The lowest BCUT2D eigenvalue weighted by Gasteiger charge is -2.32. The van der Waals surface area contributed by atoms with Crippen molar-refractivity contribution in [2.75, 3.05) is 19.6 Å². The zero-order valence-electron chi connectivity index (χ0n) is 11.2. The molecule has 0 aromatic heterocycles. The van der Waals surface area contributed by atoms with Gasteiger partial charge in [0.2, 0.25) is 0 Å². The van der Waals surface area contributed by atoms with Gasteiger partial charge in [0.15, 0.2) is 0 Å². The third-order valence-corrected chi connectivity index (χ3v) is 3.22. The van der Waals surface area contributed by atoms with E-state index >= 15 is 0 Å². The summed E-state index contributed by atoms with van der Waals surface area (Å²) in [7, 11) is 0. The van der Waals surface area contributed by atoms with Crippen LogP contribution in [-0.2, 0) is 20.9 Å². The van der Waals surface area contributed by atoms with Gasteiger partial charge in [-0.3, -0.25) is 14.4 Å². The Balaban J connectivity index is 2.02. The molecule has 1 aliphatic heterocycles. The number of amides is 2. The molecule has 0 aliphatic carbocycles. The molecule has 20 heavy (non-hydrogen) atoms. The highest BCUT2D eigenvalue weighted by Gasteiger charge is 2.33. The van der Waals surface area contributed by atoms with Crippen molar-refractivity contribution in [3.8, 4) is 0 Å². The van der Waals surface area contributed by atoms with Crippen molar-refractivity contribution < 1.29 is 19.5 Å². The standard InChI is InChI=1S/C14H16N2O4/c1-10-2-4-11(5-3-10)8-15-6-7-16(9-12(17)18)14(20)13(15)19/h2-5H,6-9H2,1H3,(H,17,18). The Morgan fingerprint density at radius 1 is 1.10 bits per heavy atom. The van der Waals surface area contributed by atoms with Gasteiger partial charge < -0.3 is 14.9 Å². The zero-order valence-corrected chi connectivity index (χ0v) is 11.2. The molecule has 6 nitrogen and oxygen atoms in total. The highest BCUT2D eigenvalue weighted by atomic mass is 16.4. The first kappa shape index (κ1) is 14.0. The number of piperazine rings is 1. The fourth-order valence-corrected chi connectivity index (χ4v) is 2.09. The van der Waals surface area contributed by atoms with Crippen molar-refractivity contribution in [1.82, 2.24) is 9.80 Å². The van der Waals surface area contributed by atoms with Crippen LogP contribution in [0.4, 0.5) is 0 Å². The van der Waals surface area contributed by atoms with Crippen LogP contribution in [0.2, 0.25) is 0 Å². The Hall–Kier alpha value is -2.37. The SMILES string of the molecule is Cc1ccc(CN2CCN(CC(=O)O)C(=O)C2=O)cc1. The third-order valence-electron chi connectivity index (χ3n) is 3.22. The summed E-state index contributed by atoms with van der Waals surface area (Å²) in [4.78, 5) is 36.8. The highest BCUT2D eigenvalue weighted by Crippen LogP contribution is 2.11. The summed E-state index contributed by atoms with van der Waals surface area (Å²) in [6.07, 6.45) is 0. The van der Waals surface area contributed by atoms with Gasteiger partial charge in [-0.15, -0.1) is 0 Å². The molecule has 0 unspecified atom stereocenters. The van der Waals surface area contributed by atoms with E-state index in [2.05, 4.69) is 0 Å². The van der Waals surface area contributed by atoms with E-state index in [1.807, 2.05) is 31.2 Å². The molecule has 1 heterocycles. The smallest absolute Gasteiger partial charge is 0.323 e. The van der Waals surface area contributed by atoms with Crippen molar-refractivity contribution in [2.24, 2.45) is 0 Å². The minimum atomic E-state index is -1.11. The Morgan fingerprint density at radius 2 is 1.65 bits per heavy atom. The van der Waals surface area contributed by atoms with E-state index in [4.69, 9.17) is 5.11 Å². The molecule has 106 valence electrons. The van der Waals surface area contributed by atoms with Crippen molar-refractivity contribution >= 4 is 17.8 Å². The van der Waals surface area contributed by atoms with Crippen LogP contribution in [0.25, 0.3) is 0 Å². The van der Waals surface area contributed by atoms with Crippen LogP contribution in [0.5, 0.6) is 0 Å². The summed E-state index contributed by atoms with van der Waals surface area (Å²) in [5.74, 6) is -2.50. The number of benzene rings is 1. The number of carboxylic acids is 1.